The largest absolute Gasteiger partial charge is 0.264 e. The van der Waals surface area contributed by atoms with Crippen LogP contribution in [0.15, 0.2) is 150 Å². The maximum Gasteiger partial charge on any atom is 0.0353 e. The molecule has 44 heavy (non-hydrogen) atoms. The van der Waals surface area contributed by atoms with E-state index in [0.717, 1.165) is 12.8 Å². The second kappa shape index (κ2) is 10.5. The van der Waals surface area contributed by atoms with Gasteiger partial charge in [-0.05, 0) is 103 Å². The minimum Gasteiger partial charge on any atom is -0.264 e. The molecule has 1 aliphatic rings. The Balaban J connectivity index is 1.25. The lowest BCUT2D eigenvalue weighted by molar-refractivity contribution is 1.01. The second-order valence-electron chi connectivity index (χ2n) is 11.5. The van der Waals surface area contributed by atoms with Crippen LogP contribution in [0.1, 0.15) is 17.3 Å². The van der Waals surface area contributed by atoms with Crippen molar-refractivity contribution in [3.8, 4) is 16.4 Å². The number of fused-ring (bicyclic) bond motifs is 6. The maximum atomic E-state index is 4.63. The van der Waals surface area contributed by atoms with E-state index in [1.807, 2.05) is 18.0 Å². The Morgan fingerprint density at radius 1 is 0.636 bits per heavy atom. The quantitative estimate of drug-likeness (QED) is 0.187. The van der Waals surface area contributed by atoms with Gasteiger partial charge in [0.1, 0.15) is 0 Å². The van der Waals surface area contributed by atoms with Gasteiger partial charge >= 0.3 is 0 Å². The lowest BCUT2D eigenvalue weighted by Gasteiger charge is -2.17. The highest BCUT2D eigenvalue weighted by molar-refractivity contribution is 7.99. The zero-order chi connectivity index (χ0) is 29.0. The molecule has 8 aromatic rings. The molecule has 1 unspecified atom stereocenters. The van der Waals surface area contributed by atoms with Crippen LogP contribution in [-0.2, 0) is 6.42 Å². The fourth-order valence-electron chi connectivity index (χ4n) is 7.00. The van der Waals surface area contributed by atoms with Gasteiger partial charge in [0, 0.05) is 32.7 Å². The van der Waals surface area contributed by atoms with Crippen LogP contribution >= 0.6 is 19.3 Å². The fraction of sp³-hybridized carbons (Fsp3) is 0.0488. The van der Waals surface area contributed by atoms with E-state index in [4.69, 9.17) is 0 Å². The Labute approximate surface area is 262 Å². The lowest BCUT2D eigenvalue weighted by atomic mass is 9.92. The Kier molecular flexibility index (Phi) is 6.18. The van der Waals surface area contributed by atoms with E-state index < -0.39 is 7.53 Å². The molecule has 0 saturated heterocycles. The molecule has 0 spiro atoms. The number of rotatable bonds is 4. The number of allylic oxidation sites excluding steroid dienone is 1. The third-order valence-electron chi connectivity index (χ3n) is 8.96. The summed E-state index contributed by atoms with van der Waals surface area (Å²) in [5.41, 5.74) is 3.93. The molecule has 0 radical (unpaired) electrons. The van der Waals surface area contributed by atoms with Crippen LogP contribution in [0.2, 0.25) is 0 Å². The molecule has 0 N–H and O–H groups in total. The van der Waals surface area contributed by atoms with E-state index in [0.29, 0.717) is 0 Å². The van der Waals surface area contributed by atoms with Crippen LogP contribution in [0.3, 0.4) is 0 Å². The first-order valence-corrected chi connectivity index (χ1v) is 17.3. The summed E-state index contributed by atoms with van der Waals surface area (Å²) < 4.78 is 0. The first kappa shape index (κ1) is 25.8. The van der Waals surface area contributed by atoms with Crippen molar-refractivity contribution in [1.29, 1.82) is 0 Å². The summed E-state index contributed by atoms with van der Waals surface area (Å²) in [6.07, 6.45) is 11.0. The first-order valence-electron chi connectivity index (χ1n) is 15.2. The number of benzene rings is 6. The van der Waals surface area contributed by atoms with Crippen LogP contribution in [-0.4, -0.2) is 4.98 Å². The standard InChI is InChI=1S/C41H28NPS/c1-2-12-30(13-3-1)43-38-17-9-8-14-32(38)36-25-31(20-21-39(36)43)44-41-34-16-7-6-15-33(34)40(37-26-42-23-22-35(37)41)29-19-18-27-10-4-5-11-28(27)24-29/h1-8,10-16,18-26H,9,17H2. The van der Waals surface area contributed by atoms with Gasteiger partial charge in [-0.2, -0.15) is 0 Å². The number of hydrogen-bond acceptors (Lipinski definition) is 2. The molecular formula is C41H28NPS. The highest BCUT2D eigenvalue weighted by Crippen LogP contribution is 2.56. The summed E-state index contributed by atoms with van der Waals surface area (Å²) in [6.45, 7) is 0. The van der Waals surface area contributed by atoms with Gasteiger partial charge in [-0.3, -0.25) is 4.98 Å². The zero-order valence-corrected chi connectivity index (χ0v) is 25.8. The van der Waals surface area contributed by atoms with Gasteiger partial charge in [-0.1, -0.05) is 122 Å². The predicted octanol–water partition coefficient (Wildman–Crippen LogP) is 12.4. The van der Waals surface area contributed by atoms with Gasteiger partial charge in [-0.15, -0.1) is 0 Å². The molecule has 0 aliphatic heterocycles. The van der Waals surface area contributed by atoms with Crippen molar-refractivity contribution in [2.45, 2.75) is 22.6 Å². The van der Waals surface area contributed by atoms with Crippen molar-refractivity contribution in [2.24, 2.45) is 0 Å². The van der Waals surface area contributed by atoms with Crippen LogP contribution < -0.4 is 0 Å². The van der Waals surface area contributed by atoms with E-state index in [-0.39, 0.29) is 0 Å². The third kappa shape index (κ3) is 4.14. The van der Waals surface area contributed by atoms with Crippen LogP contribution in [0.4, 0.5) is 0 Å². The molecule has 9 rings (SSSR count). The van der Waals surface area contributed by atoms with Crippen molar-refractivity contribution in [1.82, 2.24) is 4.98 Å². The van der Waals surface area contributed by atoms with Gasteiger partial charge in [0.05, 0.1) is 0 Å². The van der Waals surface area contributed by atoms with Crippen LogP contribution in [0, 0.1) is 0 Å². The average Bonchev–Trinajstić information content (AvgIpc) is 3.42. The number of nitrogens with zero attached hydrogens (tertiary/aromatic N) is 1. The van der Waals surface area contributed by atoms with Crippen molar-refractivity contribution < 1.29 is 0 Å². The van der Waals surface area contributed by atoms with E-state index in [2.05, 4.69) is 145 Å². The lowest BCUT2D eigenvalue weighted by Crippen LogP contribution is -1.90. The predicted molar refractivity (Wildman–Crippen MR) is 192 cm³/mol. The van der Waals surface area contributed by atoms with Crippen LogP contribution in [0.25, 0.3) is 65.3 Å². The highest BCUT2D eigenvalue weighted by Gasteiger charge is 2.21. The SMILES string of the molecule is C1=Cc2c(p(-c3ccccc3)c3ccc(Sc4c5ccccc5c(-c5ccc6ccccc6c5)c5cnccc45)cc23)CC1. The van der Waals surface area contributed by atoms with Gasteiger partial charge in [-0.25, -0.2) is 0 Å². The number of pyridine rings is 1. The summed E-state index contributed by atoms with van der Waals surface area (Å²) in [5.74, 6) is 0. The molecule has 1 nitrogen and oxygen atoms in total. The summed E-state index contributed by atoms with van der Waals surface area (Å²) in [5, 5.41) is 13.5. The zero-order valence-electron chi connectivity index (χ0n) is 24.1. The monoisotopic (exact) mass is 597 g/mol. The Morgan fingerprint density at radius 2 is 1.43 bits per heavy atom. The summed E-state index contributed by atoms with van der Waals surface area (Å²) >= 11 is 1.89. The van der Waals surface area contributed by atoms with Crippen molar-refractivity contribution in [3.63, 3.8) is 0 Å². The first-order chi connectivity index (χ1) is 21.8. The van der Waals surface area contributed by atoms with Gasteiger partial charge in [0.2, 0.25) is 0 Å². The minimum atomic E-state index is -0.474. The summed E-state index contributed by atoms with van der Waals surface area (Å²) in [7, 11) is -0.474. The number of aromatic nitrogens is 1. The van der Waals surface area contributed by atoms with E-state index in [1.54, 1.807) is 5.30 Å². The molecule has 1 aliphatic carbocycles. The van der Waals surface area contributed by atoms with Gasteiger partial charge in [0.25, 0.3) is 0 Å². The maximum absolute atomic E-state index is 4.63. The second-order valence-corrected chi connectivity index (χ2v) is 14.8. The molecule has 2 heterocycles. The van der Waals surface area contributed by atoms with Crippen LogP contribution in [0.5, 0.6) is 0 Å². The Hall–Kier alpha value is -4.62. The third-order valence-corrected chi connectivity index (χ3v) is 12.8. The average molecular weight is 598 g/mol. The molecule has 2 aromatic heterocycles. The normalized spacial score (nSPS) is 13.2. The molecule has 1 atom stereocenters. The van der Waals surface area contributed by atoms with Crippen molar-refractivity contribution >= 4 is 68.2 Å². The fourth-order valence-corrected chi connectivity index (χ4v) is 10.9. The molecule has 208 valence electrons. The smallest absolute Gasteiger partial charge is 0.0353 e. The summed E-state index contributed by atoms with van der Waals surface area (Å²) in [6, 6.07) is 44.9. The topological polar surface area (TPSA) is 12.9 Å². The summed E-state index contributed by atoms with van der Waals surface area (Å²) in [4.78, 5) is 7.19. The minimum absolute atomic E-state index is 0.474. The van der Waals surface area contributed by atoms with E-state index in [1.165, 1.54) is 74.6 Å². The highest BCUT2D eigenvalue weighted by atomic mass is 32.2. The van der Waals surface area contributed by atoms with E-state index >= 15 is 0 Å². The van der Waals surface area contributed by atoms with Crippen molar-refractivity contribution in [2.75, 3.05) is 0 Å². The molecule has 0 amide bonds. The van der Waals surface area contributed by atoms with E-state index in [9.17, 15) is 0 Å². The molecule has 6 aromatic carbocycles. The molecular weight excluding hydrogens is 569 g/mol. The molecule has 0 fully saturated rings. The molecule has 0 saturated carbocycles. The van der Waals surface area contributed by atoms with Gasteiger partial charge in [0.15, 0.2) is 0 Å². The number of hydrogen-bond donors (Lipinski definition) is 0. The molecule has 0 bridgehead atoms. The van der Waals surface area contributed by atoms with Crippen molar-refractivity contribution in [3.05, 3.63) is 151 Å². The molecule has 3 heteroatoms. The Morgan fingerprint density at radius 3 is 2.34 bits per heavy atom. The van der Waals surface area contributed by atoms with Gasteiger partial charge < -0.3 is 0 Å². The Bertz CT molecular complexity index is 2360.